The maximum absolute atomic E-state index is 13.5. The van der Waals surface area contributed by atoms with E-state index in [0.29, 0.717) is 24.2 Å². The smallest absolute Gasteiger partial charge is 0.341 e. The van der Waals surface area contributed by atoms with E-state index in [0.717, 1.165) is 17.7 Å². The lowest BCUT2D eigenvalue weighted by atomic mass is 9.97. The zero-order valence-electron chi connectivity index (χ0n) is 20.0. The van der Waals surface area contributed by atoms with Gasteiger partial charge in [0.05, 0.1) is 6.61 Å². The van der Waals surface area contributed by atoms with Crippen LogP contribution in [0.3, 0.4) is 0 Å². The second-order valence-electron chi connectivity index (χ2n) is 8.38. The molecule has 33 heavy (non-hydrogen) atoms. The zero-order valence-corrected chi connectivity index (χ0v) is 20.8. The van der Waals surface area contributed by atoms with Gasteiger partial charge in [-0.05, 0) is 57.7 Å². The summed E-state index contributed by atoms with van der Waals surface area (Å²) in [4.78, 5) is 25.3. The Labute approximate surface area is 196 Å². The minimum Gasteiger partial charge on any atom is -0.462 e. The molecule has 3 rings (SSSR count). The SMILES string of the molecule is CCOC(=O)c1c(S(=O)(=O)N2CCC(C(=O)Nc3cccc(CC)c3)CC2)c(C)n(C)c1C. The molecule has 1 aromatic heterocycles. The summed E-state index contributed by atoms with van der Waals surface area (Å²) >= 11 is 0. The first-order valence-corrected chi connectivity index (χ1v) is 12.8. The molecule has 180 valence electrons. The van der Waals surface area contributed by atoms with Crippen LogP contribution < -0.4 is 5.32 Å². The topological polar surface area (TPSA) is 97.7 Å². The third kappa shape index (κ3) is 4.99. The molecule has 1 fully saturated rings. The van der Waals surface area contributed by atoms with Crippen molar-refractivity contribution in [2.45, 2.75) is 51.9 Å². The van der Waals surface area contributed by atoms with Crippen molar-refractivity contribution >= 4 is 27.6 Å². The number of aryl methyl sites for hydroxylation is 1. The number of nitrogens with zero attached hydrogens (tertiary/aromatic N) is 2. The highest BCUT2D eigenvalue weighted by atomic mass is 32.2. The van der Waals surface area contributed by atoms with Crippen molar-refractivity contribution in [2.24, 2.45) is 13.0 Å². The normalized spacial score (nSPS) is 15.4. The second-order valence-corrected chi connectivity index (χ2v) is 10.3. The van der Waals surface area contributed by atoms with Crippen LogP contribution in [0.4, 0.5) is 5.69 Å². The van der Waals surface area contributed by atoms with Crippen molar-refractivity contribution in [2.75, 3.05) is 25.0 Å². The van der Waals surface area contributed by atoms with Gasteiger partial charge in [0, 0.05) is 43.1 Å². The molecule has 1 amide bonds. The average molecular weight is 476 g/mol. The molecule has 0 aliphatic carbocycles. The number of benzene rings is 1. The van der Waals surface area contributed by atoms with E-state index in [9.17, 15) is 18.0 Å². The largest absolute Gasteiger partial charge is 0.462 e. The Morgan fingerprint density at radius 2 is 1.79 bits per heavy atom. The molecular formula is C24H33N3O5S. The maximum Gasteiger partial charge on any atom is 0.341 e. The monoisotopic (exact) mass is 475 g/mol. The summed E-state index contributed by atoms with van der Waals surface area (Å²) in [7, 11) is -2.19. The van der Waals surface area contributed by atoms with Gasteiger partial charge in [0.25, 0.3) is 0 Å². The fourth-order valence-electron chi connectivity index (χ4n) is 4.28. The van der Waals surface area contributed by atoms with Crippen molar-refractivity contribution < 1.29 is 22.7 Å². The average Bonchev–Trinajstić information content (AvgIpc) is 3.04. The molecule has 0 spiro atoms. The number of carbonyl (C=O) groups is 2. The van der Waals surface area contributed by atoms with Crippen molar-refractivity contribution in [1.29, 1.82) is 0 Å². The van der Waals surface area contributed by atoms with Gasteiger partial charge < -0.3 is 14.6 Å². The molecular weight excluding hydrogens is 442 g/mol. The summed E-state index contributed by atoms with van der Waals surface area (Å²) in [6, 6.07) is 7.73. The first-order valence-electron chi connectivity index (χ1n) is 11.3. The van der Waals surface area contributed by atoms with Crippen LogP contribution in [-0.4, -0.2) is 48.9 Å². The minimum absolute atomic E-state index is 0.000215. The summed E-state index contributed by atoms with van der Waals surface area (Å²) in [5, 5.41) is 2.96. The van der Waals surface area contributed by atoms with Crippen molar-refractivity contribution in [3.63, 3.8) is 0 Å². The highest BCUT2D eigenvalue weighted by molar-refractivity contribution is 7.89. The number of carbonyl (C=O) groups excluding carboxylic acids is 2. The van der Waals surface area contributed by atoms with E-state index in [2.05, 4.69) is 12.2 Å². The molecule has 0 unspecified atom stereocenters. The van der Waals surface area contributed by atoms with E-state index in [1.807, 2.05) is 24.3 Å². The van der Waals surface area contributed by atoms with Gasteiger partial charge in [0.2, 0.25) is 15.9 Å². The highest BCUT2D eigenvalue weighted by Crippen LogP contribution is 2.32. The molecule has 1 aromatic carbocycles. The van der Waals surface area contributed by atoms with Gasteiger partial charge in [-0.2, -0.15) is 4.31 Å². The van der Waals surface area contributed by atoms with E-state index >= 15 is 0 Å². The van der Waals surface area contributed by atoms with Crippen LogP contribution in [0.2, 0.25) is 0 Å². The second kappa shape index (κ2) is 10.1. The van der Waals surface area contributed by atoms with Crippen LogP contribution in [0.5, 0.6) is 0 Å². The molecule has 9 heteroatoms. The third-order valence-electron chi connectivity index (χ3n) is 6.43. The lowest BCUT2D eigenvalue weighted by Crippen LogP contribution is -2.42. The first kappa shape index (κ1) is 25.0. The van der Waals surface area contributed by atoms with Crippen LogP contribution in [0, 0.1) is 19.8 Å². The minimum atomic E-state index is -3.93. The standard InChI is InChI=1S/C24H33N3O5S/c1-6-18-9-8-10-20(15-18)25-23(28)19-11-13-27(14-12-19)33(30,31)22-17(4)26(5)16(3)21(22)24(29)32-7-2/h8-10,15,19H,6-7,11-14H2,1-5H3,(H,25,28). The number of esters is 1. The third-order valence-corrected chi connectivity index (χ3v) is 8.49. The first-order chi connectivity index (χ1) is 15.6. The van der Waals surface area contributed by atoms with Gasteiger partial charge in [-0.25, -0.2) is 13.2 Å². The van der Waals surface area contributed by atoms with Gasteiger partial charge in [-0.3, -0.25) is 4.79 Å². The van der Waals surface area contributed by atoms with Crippen molar-refractivity contribution in [3.8, 4) is 0 Å². The van der Waals surface area contributed by atoms with Gasteiger partial charge >= 0.3 is 5.97 Å². The Kier molecular flexibility index (Phi) is 7.64. The summed E-state index contributed by atoms with van der Waals surface area (Å²) in [6.07, 6.45) is 1.71. The number of nitrogens with one attached hydrogen (secondary N) is 1. The predicted octanol–water partition coefficient (Wildman–Crippen LogP) is 3.42. The van der Waals surface area contributed by atoms with Gasteiger partial charge in [0.1, 0.15) is 10.5 Å². The Morgan fingerprint density at radius 3 is 2.39 bits per heavy atom. The van der Waals surface area contributed by atoms with Crippen LogP contribution in [0.25, 0.3) is 0 Å². The Balaban J connectivity index is 1.76. The molecule has 2 heterocycles. The number of piperidine rings is 1. The zero-order chi connectivity index (χ0) is 24.3. The lowest BCUT2D eigenvalue weighted by molar-refractivity contribution is -0.120. The predicted molar refractivity (Wildman–Crippen MR) is 127 cm³/mol. The van der Waals surface area contributed by atoms with E-state index < -0.39 is 16.0 Å². The van der Waals surface area contributed by atoms with Crippen LogP contribution in [0.1, 0.15) is 54.0 Å². The van der Waals surface area contributed by atoms with Gasteiger partial charge in [0.15, 0.2) is 0 Å². The molecule has 8 nitrogen and oxygen atoms in total. The van der Waals surface area contributed by atoms with Crippen LogP contribution in [-0.2, 0) is 33.0 Å². The Hall–Kier alpha value is -2.65. The highest BCUT2D eigenvalue weighted by Gasteiger charge is 2.38. The molecule has 1 aliphatic heterocycles. The van der Waals surface area contributed by atoms with Crippen LogP contribution >= 0.6 is 0 Å². The lowest BCUT2D eigenvalue weighted by Gasteiger charge is -2.30. The summed E-state index contributed by atoms with van der Waals surface area (Å²) < 4.78 is 35.3. The molecule has 0 atom stereocenters. The molecule has 1 saturated heterocycles. The molecule has 1 N–H and O–H groups in total. The quantitative estimate of drug-likeness (QED) is 0.619. The van der Waals surface area contributed by atoms with Crippen molar-refractivity contribution in [3.05, 3.63) is 46.8 Å². The van der Waals surface area contributed by atoms with E-state index in [-0.39, 0.29) is 42.0 Å². The van der Waals surface area contributed by atoms with E-state index in [1.165, 1.54) is 4.31 Å². The number of ether oxygens (including phenoxy) is 1. The van der Waals surface area contributed by atoms with Gasteiger partial charge in [-0.1, -0.05) is 19.1 Å². The molecule has 0 bridgehead atoms. The summed E-state index contributed by atoms with van der Waals surface area (Å²) in [6.45, 7) is 7.73. The molecule has 0 radical (unpaired) electrons. The number of anilines is 1. The molecule has 0 saturated carbocycles. The summed E-state index contributed by atoms with van der Waals surface area (Å²) in [5.74, 6) is -1.01. The van der Waals surface area contributed by atoms with Gasteiger partial charge in [-0.15, -0.1) is 0 Å². The number of hydrogen-bond donors (Lipinski definition) is 1. The number of rotatable bonds is 7. The number of aromatic nitrogens is 1. The van der Waals surface area contributed by atoms with Crippen LogP contribution in [0.15, 0.2) is 29.2 Å². The maximum atomic E-state index is 13.5. The fourth-order valence-corrected chi connectivity index (χ4v) is 6.23. The Morgan fingerprint density at radius 1 is 1.12 bits per heavy atom. The number of hydrogen-bond acceptors (Lipinski definition) is 5. The Bertz CT molecular complexity index is 1150. The molecule has 1 aliphatic rings. The molecule has 2 aromatic rings. The fraction of sp³-hybridized carbons (Fsp3) is 0.500. The summed E-state index contributed by atoms with van der Waals surface area (Å²) in [5.41, 5.74) is 3.02. The number of amides is 1. The van der Waals surface area contributed by atoms with E-state index in [1.54, 1.807) is 32.4 Å². The van der Waals surface area contributed by atoms with E-state index in [4.69, 9.17) is 4.74 Å². The van der Waals surface area contributed by atoms with Crippen molar-refractivity contribution in [1.82, 2.24) is 8.87 Å². The number of sulfonamides is 1.